The molecule has 2 N–H and O–H groups in total. The van der Waals surface area contributed by atoms with Crippen LogP contribution < -0.4 is 5.32 Å². The van der Waals surface area contributed by atoms with Gasteiger partial charge in [-0.2, -0.15) is 0 Å². The number of amides is 2. The van der Waals surface area contributed by atoms with E-state index >= 15 is 0 Å². The molecule has 0 radical (unpaired) electrons. The summed E-state index contributed by atoms with van der Waals surface area (Å²) in [5.41, 5.74) is 0. The average molecular weight is 202 g/mol. The van der Waals surface area contributed by atoms with Crippen molar-refractivity contribution in [3.05, 3.63) is 0 Å². The molecule has 0 bridgehead atoms. The number of carboxylic acids is 1. The van der Waals surface area contributed by atoms with Gasteiger partial charge < -0.3 is 15.3 Å². The minimum absolute atomic E-state index is 0.197. The molecule has 6 heteroatoms. The minimum Gasteiger partial charge on any atom is -0.474 e. The SMILES string of the molecule is CCNC(=O)CN(CC)C(=O)C(=O)O. The Morgan fingerprint density at radius 1 is 1.29 bits per heavy atom. The lowest BCUT2D eigenvalue weighted by Gasteiger charge is -2.17. The van der Waals surface area contributed by atoms with Crippen LogP contribution >= 0.6 is 0 Å². The highest BCUT2D eigenvalue weighted by Crippen LogP contribution is 1.89. The molecule has 0 fully saturated rings. The van der Waals surface area contributed by atoms with E-state index in [9.17, 15) is 14.4 Å². The zero-order chi connectivity index (χ0) is 11.1. The first-order chi connectivity index (χ1) is 6.52. The van der Waals surface area contributed by atoms with Gasteiger partial charge in [-0.25, -0.2) is 4.79 Å². The Labute approximate surface area is 81.9 Å². The number of nitrogens with one attached hydrogen (secondary N) is 1. The van der Waals surface area contributed by atoms with Crippen LogP contribution in [-0.2, 0) is 14.4 Å². The first kappa shape index (κ1) is 12.4. The van der Waals surface area contributed by atoms with Gasteiger partial charge in [0, 0.05) is 13.1 Å². The second-order valence-electron chi connectivity index (χ2n) is 2.58. The Kier molecular flexibility index (Phi) is 5.28. The Hall–Kier alpha value is -1.59. The highest BCUT2D eigenvalue weighted by atomic mass is 16.4. The van der Waals surface area contributed by atoms with E-state index in [4.69, 9.17) is 5.11 Å². The highest BCUT2D eigenvalue weighted by Gasteiger charge is 2.21. The van der Waals surface area contributed by atoms with E-state index in [1.807, 2.05) is 0 Å². The lowest BCUT2D eigenvalue weighted by atomic mass is 10.4. The Morgan fingerprint density at radius 3 is 2.21 bits per heavy atom. The van der Waals surface area contributed by atoms with Gasteiger partial charge in [-0.05, 0) is 13.8 Å². The third-order valence-corrected chi connectivity index (χ3v) is 1.56. The van der Waals surface area contributed by atoms with Gasteiger partial charge in [0.15, 0.2) is 0 Å². The van der Waals surface area contributed by atoms with Crippen molar-refractivity contribution in [2.24, 2.45) is 0 Å². The van der Waals surface area contributed by atoms with Crippen LogP contribution in [0.1, 0.15) is 13.8 Å². The smallest absolute Gasteiger partial charge is 0.394 e. The van der Waals surface area contributed by atoms with Gasteiger partial charge in [-0.15, -0.1) is 0 Å². The third kappa shape index (κ3) is 3.88. The molecular weight excluding hydrogens is 188 g/mol. The number of likely N-dealkylation sites (N-methyl/N-ethyl adjacent to an activating group) is 2. The van der Waals surface area contributed by atoms with Gasteiger partial charge in [0.1, 0.15) is 6.54 Å². The van der Waals surface area contributed by atoms with Gasteiger partial charge in [-0.3, -0.25) is 9.59 Å². The van der Waals surface area contributed by atoms with Gasteiger partial charge in [0.05, 0.1) is 0 Å². The van der Waals surface area contributed by atoms with Crippen molar-refractivity contribution in [3.63, 3.8) is 0 Å². The van der Waals surface area contributed by atoms with Gasteiger partial charge in [-0.1, -0.05) is 0 Å². The molecule has 0 aliphatic rings. The number of rotatable bonds is 4. The molecule has 0 unspecified atom stereocenters. The molecule has 0 spiro atoms. The predicted octanol–water partition coefficient (Wildman–Crippen LogP) is -0.944. The highest BCUT2D eigenvalue weighted by molar-refractivity contribution is 6.31. The fourth-order valence-corrected chi connectivity index (χ4v) is 0.889. The minimum atomic E-state index is -1.55. The predicted molar refractivity (Wildman–Crippen MR) is 48.6 cm³/mol. The second kappa shape index (κ2) is 5.95. The van der Waals surface area contributed by atoms with E-state index in [1.54, 1.807) is 13.8 Å². The summed E-state index contributed by atoms with van der Waals surface area (Å²) >= 11 is 0. The van der Waals surface area contributed by atoms with Crippen molar-refractivity contribution in [3.8, 4) is 0 Å². The van der Waals surface area contributed by atoms with E-state index in [0.717, 1.165) is 4.90 Å². The van der Waals surface area contributed by atoms with Gasteiger partial charge >= 0.3 is 11.9 Å². The fourth-order valence-electron chi connectivity index (χ4n) is 0.889. The van der Waals surface area contributed by atoms with Crippen LogP contribution in [-0.4, -0.2) is 47.4 Å². The Bertz CT molecular complexity index is 239. The molecule has 0 saturated carbocycles. The molecule has 14 heavy (non-hydrogen) atoms. The molecule has 0 aromatic heterocycles. The summed E-state index contributed by atoms with van der Waals surface area (Å²) in [5, 5.41) is 10.9. The Balaban J connectivity index is 4.22. The van der Waals surface area contributed by atoms with Crippen LogP contribution in [0.3, 0.4) is 0 Å². The Morgan fingerprint density at radius 2 is 1.86 bits per heavy atom. The summed E-state index contributed by atoms with van der Waals surface area (Å²) in [6, 6.07) is 0. The number of carboxylic acid groups (broad SMARTS) is 1. The van der Waals surface area contributed by atoms with Crippen molar-refractivity contribution in [1.29, 1.82) is 0 Å². The van der Waals surface area contributed by atoms with Crippen LogP contribution in [0.15, 0.2) is 0 Å². The number of hydrogen-bond donors (Lipinski definition) is 2. The monoisotopic (exact) mass is 202 g/mol. The maximum absolute atomic E-state index is 11.0. The van der Waals surface area contributed by atoms with E-state index in [-0.39, 0.29) is 19.0 Å². The van der Waals surface area contributed by atoms with Crippen LogP contribution in [0.4, 0.5) is 0 Å². The van der Waals surface area contributed by atoms with Crippen LogP contribution in [0.2, 0.25) is 0 Å². The standard InChI is InChI=1S/C8H14N2O4/c1-3-9-6(11)5-10(4-2)7(12)8(13)14/h3-5H2,1-2H3,(H,9,11)(H,13,14). The largest absolute Gasteiger partial charge is 0.474 e. The number of carbonyl (C=O) groups excluding carboxylic acids is 2. The van der Waals surface area contributed by atoms with Gasteiger partial charge in [0.25, 0.3) is 0 Å². The van der Waals surface area contributed by atoms with Crippen LogP contribution in [0, 0.1) is 0 Å². The van der Waals surface area contributed by atoms with Crippen molar-refractivity contribution >= 4 is 17.8 Å². The second-order valence-corrected chi connectivity index (χ2v) is 2.58. The number of carbonyl (C=O) groups is 3. The van der Waals surface area contributed by atoms with Crippen molar-refractivity contribution in [2.75, 3.05) is 19.6 Å². The number of aliphatic carboxylic acids is 1. The summed E-state index contributed by atoms with van der Waals surface area (Å²) < 4.78 is 0. The lowest BCUT2D eigenvalue weighted by molar-refractivity contribution is -0.156. The molecule has 80 valence electrons. The van der Waals surface area contributed by atoms with Crippen molar-refractivity contribution in [1.82, 2.24) is 10.2 Å². The van der Waals surface area contributed by atoms with E-state index in [2.05, 4.69) is 5.32 Å². The average Bonchev–Trinajstić information content (AvgIpc) is 2.13. The van der Waals surface area contributed by atoms with E-state index in [0.29, 0.717) is 6.54 Å². The molecule has 2 amide bonds. The van der Waals surface area contributed by atoms with Crippen LogP contribution in [0.5, 0.6) is 0 Å². The summed E-state index contributed by atoms with van der Waals surface area (Å²) in [6.45, 7) is 3.79. The molecule has 0 heterocycles. The summed E-state index contributed by atoms with van der Waals surface area (Å²) in [4.78, 5) is 33.3. The molecule has 6 nitrogen and oxygen atoms in total. The first-order valence-corrected chi connectivity index (χ1v) is 4.31. The normalized spacial score (nSPS) is 9.29. The molecule has 0 aliphatic heterocycles. The molecule has 0 saturated heterocycles. The third-order valence-electron chi connectivity index (χ3n) is 1.56. The quantitative estimate of drug-likeness (QED) is 0.576. The molecule has 0 aromatic rings. The number of hydrogen-bond acceptors (Lipinski definition) is 3. The van der Waals surface area contributed by atoms with Gasteiger partial charge in [0.2, 0.25) is 5.91 Å². The lowest BCUT2D eigenvalue weighted by Crippen LogP contribution is -2.43. The summed E-state index contributed by atoms with van der Waals surface area (Å²) in [6.07, 6.45) is 0. The maximum Gasteiger partial charge on any atom is 0.394 e. The van der Waals surface area contributed by atoms with E-state index in [1.165, 1.54) is 0 Å². The summed E-state index contributed by atoms with van der Waals surface area (Å²) in [7, 11) is 0. The molecule has 0 aromatic carbocycles. The maximum atomic E-state index is 11.0. The zero-order valence-electron chi connectivity index (χ0n) is 8.24. The molecular formula is C8H14N2O4. The zero-order valence-corrected chi connectivity index (χ0v) is 8.24. The van der Waals surface area contributed by atoms with E-state index < -0.39 is 11.9 Å². The summed E-state index contributed by atoms with van der Waals surface area (Å²) in [5.74, 6) is -2.96. The van der Waals surface area contributed by atoms with Crippen molar-refractivity contribution < 1.29 is 19.5 Å². The molecule has 0 rings (SSSR count). The molecule has 0 aliphatic carbocycles. The topological polar surface area (TPSA) is 86.7 Å². The molecule has 0 atom stereocenters. The van der Waals surface area contributed by atoms with Crippen molar-refractivity contribution in [2.45, 2.75) is 13.8 Å². The van der Waals surface area contributed by atoms with Crippen LogP contribution in [0.25, 0.3) is 0 Å². The number of nitrogens with zero attached hydrogens (tertiary/aromatic N) is 1. The first-order valence-electron chi connectivity index (χ1n) is 4.31. The fraction of sp³-hybridized carbons (Fsp3) is 0.625.